The molecule has 17 heavy (non-hydrogen) atoms. The van der Waals surface area contributed by atoms with Crippen molar-refractivity contribution in [3.63, 3.8) is 0 Å². The van der Waals surface area contributed by atoms with Crippen LogP contribution in [0.15, 0.2) is 18.3 Å². The van der Waals surface area contributed by atoms with Crippen molar-refractivity contribution >= 4 is 26.9 Å². The molecule has 1 aliphatic heterocycles. The number of imidazole rings is 1. The highest BCUT2D eigenvalue weighted by Crippen LogP contribution is 2.29. The number of pyridine rings is 1. The quantitative estimate of drug-likeness (QED) is 0.792. The number of fused-ring (bicyclic) bond motifs is 1. The van der Waals surface area contributed by atoms with E-state index < -0.39 is 9.84 Å². The normalized spacial score (nSPS) is 23.2. The summed E-state index contributed by atoms with van der Waals surface area (Å²) in [5.74, 6) is 0.670. The van der Waals surface area contributed by atoms with E-state index in [0.717, 1.165) is 0 Å². The molecule has 0 bridgehead atoms. The molecule has 3 rings (SSSR count). The summed E-state index contributed by atoms with van der Waals surface area (Å²) >= 11 is 0. The van der Waals surface area contributed by atoms with E-state index in [2.05, 4.69) is 9.97 Å². The van der Waals surface area contributed by atoms with Crippen LogP contribution in [0.3, 0.4) is 0 Å². The van der Waals surface area contributed by atoms with Crippen LogP contribution in [-0.4, -0.2) is 34.5 Å². The molecular weight excluding hydrogens is 240 g/mol. The standard InChI is InChI=1S/C10H12N4O2S/c11-10-13-8-2-1-4-12-9(8)14(10)7-3-5-17(15,16)6-7/h1-2,4,7H,3,5-6H2,(H2,11,13). The van der Waals surface area contributed by atoms with Crippen LogP contribution in [0.2, 0.25) is 0 Å². The summed E-state index contributed by atoms with van der Waals surface area (Å²) in [5, 5.41) is 0. The molecule has 7 heteroatoms. The third-order valence-corrected chi connectivity index (χ3v) is 4.80. The number of anilines is 1. The smallest absolute Gasteiger partial charge is 0.202 e. The Morgan fingerprint density at radius 2 is 2.29 bits per heavy atom. The zero-order valence-electron chi connectivity index (χ0n) is 9.07. The van der Waals surface area contributed by atoms with E-state index in [0.29, 0.717) is 23.5 Å². The molecule has 1 fully saturated rings. The second kappa shape index (κ2) is 3.43. The monoisotopic (exact) mass is 252 g/mol. The van der Waals surface area contributed by atoms with Crippen molar-refractivity contribution in [2.75, 3.05) is 17.2 Å². The van der Waals surface area contributed by atoms with Gasteiger partial charge in [0.1, 0.15) is 5.52 Å². The van der Waals surface area contributed by atoms with E-state index >= 15 is 0 Å². The van der Waals surface area contributed by atoms with E-state index in [-0.39, 0.29) is 17.5 Å². The second-order valence-corrected chi connectivity index (χ2v) is 6.47. The van der Waals surface area contributed by atoms with Crippen LogP contribution in [0, 0.1) is 0 Å². The van der Waals surface area contributed by atoms with Crippen LogP contribution in [-0.2, 0) is 9.84 Å². The minimum Gasteiger partial charge on any atom is -0.369 e. The number of hydrogen-bond acceptors (Lipinski definition) is 5. The molecule has 6 nitrogen and oxygen atoms in total. The van der Waals surface area contributed by atoms with E-state index in [1.54, 1.807) is 16.8 Å². The predicted molar refractivity (Wildman–Crippen MR) is 64.2 cm³/mol. The highest BCUT2D eigenvalue weighted by atomic mass is 32.2. The first-order chi connectivity index (χ1) is 8.07. The van der Waals surface area contributed by atoms with Gasteiger partial charge >= 0.3 is 0 Å². The first kappa shape index (κ1) is 10.5. The van der Waals surface area contributed by atoms with Gasteiger partial charge in [0, 0.05) is 6.20 Å². The molecule has 1 unspecified atom stereocenters. The van der Waals surface area contributed by atoms with E-state index in [1.165, 1.54) is 0 Å². The van der Waals surface area contributed by atoms with Crippen LogP contribution in [0.25, 0.3) is 11.2 Å². The van der Waals surface area contributed by atoms with Crippen molar-refractivity contribution in [2.24, 2.45) is 0 Å². The molecule has 2 N–H and O–H groups in total. The summed E-state index contributed by atoms with van der Waals surface area (Å²) in [5.41, 5.74) is 7.20. The van der Waals surface area contributed by atoms with Gasteiger partial charge in [0.2, 0.25) is 5.95 Å². The molecule has 90 valence electrons. The predicted octanol–water partition coefficient (Wildman–Crippen LogP) is 0.373. The lowest BCUT2D eigenvalue weighted by Gasteiger charge is -2.11. The summed E-state index contributed by atoms with van der Waals surface area (Å²) in [7, 11) is -2.94. The molecule has 0 saturated carbocycles. The van der Waals surface area contributed by atoms with Crippen LogP contribution < -0.4 is 5.73 Å². The molecule has 0 spiro atoms. The number of nitrogens with zero attached hydrogens (tertiary/aromatic N) is 3. The van der Waals surface area contributed by atoms with E-state index in [9.17, 15) is 8.42 Å². The number of sulfone groups is 1. The van der Waals surface area contributed by atoms with Crippen LogP contribution in [0.4, 0.5) is 5.95 Å². The molecule has 1 atom stereocenters. The zero-order chi connectivity index (χ0) is 12.0. The van der Waals surface area contributed by atoms with Crippen LogP contribution in [0.1, 0.15) is 12.5 Å². The molecule has 0 aliphatic carbocycles. The third kappa shape index (κ3) is 1.66. The summed E-state index contributed by atoms with van der Waals surface area (Å²) < 4.78 is 24.7. The van der Waals surface area contributed by atoms with Crippen molar-refractivity contribution in [1.82, 2.24) is 14.5 Å². The zero-order valence-corrected chi connectivity index (χ0v) is 9.89. The molecule has 0 radical (unpaired) electrons. The number of nitrogen functional groups attached to an aromatic ring is 1. The number of rotatable bonds is 1. The van der Waals surface area contributed by atoms with Gasteiger partial charge in [-0.25, -0.2) is 18.4 Å². The Kier molecular flexibility index (Phi) is 2.12. The summed E-state index contributed by atoms with van der Waals surface area (Å²) in [4.78, 5) is 8.41. The van der Waals surface area contributed by atoms with Gasteiger partial charge in [-0.05, 0) is 18.6 Å². The molecule has 3 heterocycles. The lowest BCUT2D eigenvalue weighted by molar-refractivity contribution is 0.572. The van der Waals surface area contributed by atoms with Crippen LogP contribution >= 0.6 is 0 Å². The first-order valence-corrected chi connectivity index (χ1v) is 7.18. The Hall–Kier alpha value is -1.63. The minimum absolute atomic E-state index is 0.124. The van der Waals surface area contributed by atoms with Gasteiger partial charge in [-0.2, -0.15) is 0 Å². The van der Waals surface area contributed by atoms with Crippen molar-refractivity contribution < 1.29 is 8.42 Å². The molecule has 1 saturated heterocycles. The fraction of sp³-hybridized carbons (Fsp3) is 0.400. The maximum atomic E-state index is 11.5. The number of aromatic nitrogens is 3. The highest BCUT2D eigenvalue weighted by Gasteiger charge is 2.31. The molecule has 2 aromatic heterocycles. The maximum absolute atomic E-state index is 11.5. The van der Waals surface area contributed by atoms with Gasteiger partial charge in [-0.1, -0.05) is 0 Å². The van der Waals surface area contributed by atoms with E-state index in [4.69, 9.17) is 5.73 Å². The molecular formula is C10H12N4O2S. The van der Waals surface area contributed by atoms with Crippen molar-refractivity contribution in [3.05, 3.63) is 18.3 Å². The van der Waals surface area contributed by atoms with Gasteiger partial charge < -0.3 is 5.73 Å². The molecule has 0 aromatic carbocycles. The Morgan fingerprint density at radius 3 is 3.00 bits per heavy atom. The Balaban J connectivity index is 2.15. The molecule has 1 aliphatic rings. The number of hydrogen-bond donors (Lipinski definition) is 1. The fourth-order valence-electron chi connectivity index (χ4n) is 2.29. The lowest BCUT2D eigenvalue weighted by Crippen LogP contribution is -2.13. The molecule has 2 aromatic rings. The van der Waals surface area contributed by atoms with Gasteiger partial charge in [0.25, 0.3) is 0 Å². The summed E-state index contributed by atoms with van der Waals surface area (Å²) in [6, 6.07) is 3.46. The van der Waals surface area contributed by atoms with E-state index in [1.807, 2.05) is 6.07 Å². The second-order valence-electron chi connectivity index (χ2n) is 4.24. The Labute approximate surface area is 98.4 Å². The van der Waals surface area contributed by atoms with Gasteiger partial charge in [-0.3, -0.25) is 4.57 Å². The largest absolute Gasteiger partial charge is 0.369 e. The minimum atomic E-state index is -2.94. The first-order valence-electron chi connectivity index (χ1n) is 5.36. The summed E-state index contributed by atoms with van der Waals surface area (Å²) in [6.07, 6.45) is 2.23. The Bertz CT molecular complexity index is 677. The lowest BCUT2D eigenvalue weighted by atomic mass is 10.2. The molecule has 0 amide bonds. The average Bonchev–Trinajstić information content (AvgIpc) is 2.77. The van der Waals surface area contributed by atoms with Crippen molar-refractivity contribution in [2.45, 2.75) is 12.5 Å². The maximum Gasteiger partial charge on any atom is 0.202 e. The SMILES string of the molecule is Nc1nc2cccnc2n1C1CCS(=O)(=O)C1. The fourth-order valence-corrected chi connectivity index (χ4v) is 3.99. The number of nitrogens with two attached hydrogens (primary N) is 1. The van der Waals surface area contributed by atoms with Gasteiger partial charge in [0.05, 0.1) is 17.5 Å². The average molecular weight is 252 g/mol. The highest BCUT2D eigenvalue weighted by molar-refractivity contribution is 7.91. The van der Waals surface area contributed by atoms with Crippen molar-refractivity contribution in [3.8, 4) is 0 Å². The summed E-state index contributed by atoms with van der Waals surface area (Å²) in [6.45, 7) is 0. The van der Waals surface area contributed by atoms with Gasteiger partial charge in [0.15, 0.2) is 15.5 Å². The van der Waals surface area contributed by atoms with Crippen molar-refractivity contribution in [1.29, 1.82) is 0 Å². The van der Waals surface area contributed by atoms with Gasteiger partial charge in [-0.15, -0.1) is 0 Å². The van der Waals surface area contributed by atoms with Crippen LogP contribution in [0.5, 0.6) is 0 Å². The topological polar surface area (TPSA) is 90.9 Å². The third-order valence-electron chi connectivity index (χ3n) is 3.05. The Morgan fingerprint density at radius 1 is 1.47 bits per heavy atom.